The quantitative estimate of drug-likeness (QED) is 0.498. The van der Waals surface area contributed by atoms with Gasteiger partial charge >= 0.3 is 0 Å². The SMILES string of the molecule is CCOC(CCNC(=NC)NCc1ccc(Cn2ccnc2)cc1)C(C)C. The molecule has 1 unspecified atom stereocenters. The Morgan fingerprint density at radius 3 is 2.52 bits per heavy atom. The maximum absolute atomic E-state index is 5.79. The van der Waals surface area contributed by atoms with Gasteiger partial charge in [0.25, 0.3) is 0 Å². The van der Waals surface area contributed by atoms with Crippen LogP contribution in [0.1, 0.15) is 38.3 Å². The molecular weight excluding hydrogens is 338 g/mol. The van der Waals surface area contributed by atoms with Crippen LogP contribution in [-0.4, -0.2) is 41.8 Å². The molecule has 27 heavy (non-hydrogen) atoms. The number of benzene rings is 1. The summed E-state index contributed by atoms with van der Waals surface area (Å²) in [5.74, 6) is 1.33. The van der Waals surface area contributed by atoms with Gasteiger partial charge in [-0.2, -0.15) is 0 Å². The van der Waals surface area contributed by atoms with E-state index in [0.717, 1.165) is 38.6 Å². The predicted molar refractivity (Wildman–Crippen MR) is 111 cm³/mol. The number of rotatable bonds is 10. The highest BCUT2D eigenvalue weighted by molar-refractivity contribution is 5.79. The van der Waals surface area contributed by atoms with E-state index in [-0.39, 0.29) is 6.10 Å². The molecule has 6 nitrogen and oxygen atoms in total. The maximum atomic E-state index is 5.79. The van der Waals surface area contributed by atoms with E-state index in [0.29, 0.717) is 5.92 Å². The number of guanidine groups is 1. The van der Waals surface area contributed by atoms with Crippen LogP contribution < -0.4 is 10.6 Å². The number of imidazole rings is 1. The first kappa shape index (κ1) is 21.0. The molecule has 0 saturated carbocycles. The third-order valence-corrected chi connectivity index (χ3v) is 4.48. The minimum atomic E-state index is 0.281. The van der Waals surface area contributed by atoms with Crippen LogP contribution in [0.4, 0.5) is 0 Å². The first-order valence-corrected chi connectivity index (χ1v) is 9.72. The van der Waals surface area contributed by atoms with Crippen molar-refractivity contribution in [2.75, 3.05) is 20.2 Å². The lowest BCUT2D eigenvalue weighted by atomic mass is 10.0. The Bertz CT molecular complexity index is 664. The fourth-order valence-corrected chi connectivity index (χ4v) is 2.92. The van der Waals surface area contributed by atoms with Crippen LogP contribution >= 0.6 is 0 Å². The van der Waals surface area contributed by atoms with Crippen molar-refractivity contribution in [3.63, 3.8) is 0 Å². The molecule has 1 aromatic heterocycles. The second-order valence-electron chi connectivity index (χ2n) is 6.93. The number of aliphatic imine (C=N–C) groups is 1. The molecule has 1 heterocycles. The monoisotopic (exact) mass is 371 g/mol. The summed E-state index contributed by atoms with van der Waals surface area (Å²) in [4.78, 5) is 8.38. The van der Waals surface area contributed by atoms with Gasteiger partial charge < -0.3 is 19.9 Å². The lowest BCUT2D eigenvalue weighted by Gasteiger charge is -2.21. The van der Waals surface area contributed by atoms with Crippen LogP contribution in [0.5, 0.6) is 0 Å². The molecule has 1 aromatic carbocycles. The highest BCUT2D eigenvalue weighted by atomic mass is 16.5. The summed E-state index contributed by atoms with van der Waals surface area (Å²) < 4.78 is 7.85. The van der Waals surface area contributed by atoms with Gasteiger partial charge in [0.05, 0.1) is 12.4 Å². The Kier molecular flexibility index (Phi) is 8.84. The van der Waals surface area contributed by atoms with Crippen molar-refractivity contribution in [1.82, 2.24) is 20.2 Å². The average Bonchev–Trinajstić information content (AvgIpc) is 3.17. The van der Waals surface area contributed by atoms with Crippen molar-refractivity contribution in [1.29, 1.82) is 0 Å². The van der Waals surface area contributed by atoms with Crippen LogP contribution in [0.2, 0.25) is 0 Å². The van der Waals surface area contributed by atoms with Crippen LogP contribution in [0.3, 0.4) is 0 Å². The summed E-state index contributed by atoms with van der Waals surface area (Å²) in [6.45, 7) is 9.62. The van der Waals surface area contributed by atoms with Gasteiger partial charge in [0.15, 0.2) is 5.96 Å². The normalized spacial score (nSPS) is 13.0. The molecule has 2 N–H and O–H groups in total. The molecule has 0 aliphatic heterocycles. The molecule has 2 rings (SSSR count). The molecule has 1 atom stereocenters. The molecule has 0 saturated heterocycles. The van der Waals surface area contributed by atoms with E-state index in [1.807, 2.05) is 19.4 Å². The van der Waals surface area contributed by atoms with Gasteiger partial charge in [0.1, 0.15) is 0 Å². The molecule has 0 bridgehead atoms. The largest absolute Gasteiger partial charge is 0.378 e. The zero-order valence-corrected chi connectivity index (χ0v) is 17.0. The molecule has 0 amide bonds. The highest BCUT2D eigenvalue weighted by Crippen LogP contribution is 2.10. The Hall–Kier alpha value is -2.34. The van der Waals surface area contributed by atoms with E-state index >= 15 is 0 Å². The molecule has 0 spiro atoms. The second-order valence-corrected chi connectivity index (χ2v) is 6.93. The summed E-state index contributed by atoms with van der Waals surface area (Å²) in [6.07, 6.45) is 6.86. The summed E-state index contributed by atoms with van der Waals surface area (Å²) in [7, 11) is 1.80. The fourth-order valence-electron chi connectivity index (χ4n) is 2.92. The molecular formula is C21H33N5O. The maximum Gasteiger partial charge on any atom is 0.191 e. The number of nitrogens with one attached hydrogen (secondary N) is 2. The van der Waals surface area contributed by atoms with Crippen molar-refractivity contribution in [2.45, 2.75) is 46.4 Å². The third-order valence-electron chi connectivity index (χ3n) is 4.48. The number of nitrogens with zero attached hydrogens (tertiary/aromatic N) is 3. The Morgan fingerprint density at radius 2 is 1.93 bits per heavy atom. The molecule has 0 aliphatic rings. The Morgan fingerprint density at radius 1 is 1.19 bits per heavy atom. The molecule has 0 aliphatic carbocycles. The number of hydrogen-bond donors (Lipinski definition) is 2. The van der Waals surface area contributed by atoms with Crippen LogP contribution in [-0.2, 0) is 17.8 Å². The summed E-state index contributed by atoms with van der Waals surface area (Å²) >= 11 is 0. The summed E-state index contributed by atoms with van der Waals surface area (Å²) in [6, 6.07) is 8.61. The summed E-state index contributed by atoms with van der Waals surface area (Å²) in [5, 5.41) is 6.74. The van der Waals surface area contributed by atoms with E-state index in [1.54, 1.807) is 13.2 Å². The second kappa shape index (κ2) is 11.4. The molecule has 0 radical (unpaired) electrons. The van der Waals surface area contributed by atoms with Gasteiger partial charge in [-0.25, -0.2) is 4.98 Å². The summed E-state index contributed by atoms with van der Waals surface area (Å²) in [5.41, 5.74) is 2.48. The third kappa shape index (κ3) is 7.43. The van der Waals surface area contributed by atoms with Crippen LogP contribution in [0.25, 0.3) is 0 Å². The number of hydrogen-bond acceptors (Lipinski definition) is 3. The van der Waals surface area contributed by atoms with E-state index in [9.17, 15) is 0 Å². The molecule has 148 valence electrons. The van der Waals surface area contributed by atoms with Gasteiger partial charge in [-0.3, -0.25) is 4.99 Å². The lowest BCUT2D eigenvalue weighted by molar-refractivity contribution is 0.0258. The van der Waals surface area contributed by atoms with Gasteiger partial charge in [-0.15, -0.1) is 0 Å². The van der Waals surface area contributed by atoms with E-state index in [2.05, 4.69) is 63.3 Å². The number of aromatic nitrogens is 2. The van der Waals surface area contributed by atoms with Gasteiger partial charge in [-0.05, 0) is 30.4 Å². The highest BCUT2D eigenvalue weighted by Gasteiger charge is 2.12. The Labute approximate surface area is 163 Å². The van der Waals surface area contributed by atoms with E-state index in [1.165, 1.54) is 11.1 Å². The smallest absolute Gasteiger partial charge is 0.191 e. The Balaban J connectivity index is 1.75. The van der Waals surface area contributed by atoms with Crippen LogP contribution in [0.15, 0.2) is 48.0 Å². The van der Waals surface area contributed by atoms with Crippen molar-refractivity contribution in [3.05, 3.63) is 54.1 Å². The van der Waals surface area contributed by atoms with Crippen molar-refractivity contribution in [2.24, 2.45) is 10.9 Å². The number of ether oxygens (including phenoxy) is 1. The van der Waals surface area contributed by atoms with Gasteiger partial charge in [0.2, 0.25) is 0 Å². The van der Waals surface area contributed by atoms with Crippen LogP contribution in [0, 0.1) is 5.92 Å². The topological polar surface area (TPSA) is 63.5 Å². The molecule has 6 heteroatoms. The zero-order chi connectivity index (χ0) is 19.5. The van der Waals surface area contributed by atoms with Crippen molar-refractivity contribution < 1.29 is 4.74 Å². The van der Waals surface area contributed by atoms with E-state index < -0.39 is 0 Å². The molecule has 0 fully saturated rings. The van der Waals surface area contributed by atoms with Crippen molar-refractivity contribution in [3.8, 4) is 0 Å². The minimum absolute atomic E-state index is 0.281. The zero-order valence-electron chi connectivity index (χ0n) is 17.0. The van der Waals surface area contributed by atoms with E-state index in [4.69, 9.17) is 4.74 Å². The van der Waals surface area contributed by atoms with Gasteiger partial charge in [0, 0.05) is 45.7 Å². The van der Waals surface area contributed by atoms with Crippen molar-refractivity contribution >= 4 is 5.96 Å². The standard InChI is InChI=1S/C21H33N5O/c1-5-27-20(17(2)3)10-11-24-21(22-4)25-14-18-6-8-19(9-7-18)15-26-13-12-23-16-26/h6-9,12-13,16-17,20H,5,10-11,14-15H2,1-4H3,(H2,22,24,25). The first-order chi connectivity index (χ1) is 13.1. The molecule has 2 aromatic rings. The fraction of sp³-hybridized carbons (Fsp3) is 0.524. The average molecular weight is 372 g/mol. The predicted octanol–water partition coefficient (Wildman–Crippen LogP) is 3.05. The van der Waals surface area contributed by atoms with Gasteiger partial charge in [-0.1, -0.05) is 38.1 Å². The minimum Gasteiger partial charge on any atom is -0.378 e. The lowest BCUT2D eigenvalue weighted by Crippen LogP contribution is -2.38. The first-order valence-electron chi connectivity index (χ1n) is 9.72.